The molecule has 0 aliphatic carbocycles. The van der Waals surface area contributed by atoms with Gasteiger partial charge in [-0.3, -0.25) is 14.4 Å². The minimum Gasteiger partial charge on any atom is -0.341 e. The van der Waals surface area contributed by atoms with Crippen LogP contribution in [-0.4, -0.2) is 53.2 Å². The third-order valence-electron chi connectivity index (χ3n) is 5.27. The third-order valence-corrected chi connectivity index (χ3v) is 5.27. The quantitative estimate of drug-likeness (QED) is 0.842. The van der Waals surface area contributed by atoms with Gasteiger partial charge in [-0.1, -0.05) is 6.07 Å². The molecule has 1 aromatic rings. The maximum Gasteiger partial charge on any atom is 0.239 e. The number of piperidine rings is 1. The molecule has 0 radical (unpaired) electrons. The lowest BCUT2D eigenvalue weighted by molar-refractivity contribution is -0.136. The van der Waals surface area contributed by atoms with Gasteiger partial charge in [0, 0.05) is 31.7 Å². The van der Waals surface area contributed by atoms with Crippen LogP contribution in [0.25, 0.3) is 0 Å². The highest BCUT2D eigenvalue weighted by atomic mass is 16.2. The van der Waals surface area contributed by atoms with Gasteiger partial charge in [-0.2, -0.15) is 0 Å². The van der Waals surface area contributed by atoms with E-state index >= 15 is 0 Å². The highest BCUT2D eigenvalue weighted by Crippen LogP contribution is 2.22. The van der Waals surface area contributed by atoms with Crippen LogP contribution in [0, 0.1) is 18.8 Å². The molecule has 2 fully saturated rings. The minimum absolute atomic E-state index is 0.000268. The molecule has 0 bridgehead atoms. The van der Waals surface area contributed by atoms with Crippen molar-refractivity contribution in [2.75, 3.05) is 25.0 Å². The average Bonchev–Trinajstić information content (AvgIpc) is 3.13. The molecule has 2 saturated heterocycles. The van der Waals surface area contributed by atoms with Crippen molar-refractivity contribution in [1.82, 2.24) is 15.2 Å². The fourth-order valence-corrected chi connectivity index (χ4v) is 3.62. The molecule has 3 unspecified atom stereocenters. The summed E-state index contributed by atoms with van der Waals surface area (Å²) in [5.74, 6) is 0.237. The number of hydrogen-bond acceptors (Lipinski definition) is 5. The lowest BCUT2D eigenvalue weighted by atomic mass is 9.95. The Balaban J connectivity index is 1.56. The van der Waals surface area contributed by atoms with Gasteiger partial charge in [0.15, 0.2) is 0 Å². The fraction of sp³-hybridized carbons (Fsp3) is 0.579. The van der Waals surface area contributed by atoms with Gasteiger partial charge in [0.2, 0.25) is 11.8 Å². The Hall–Kier alpha value is -2.28. The lowest BCUT2D eigenvalue weighted by Gasteiger charge is -2.33. The number of carbonyl (C=O) groups excluding carboxylic acids is 3. The number of anilines is 1. The van der Waals surface area contributed by atoms with E-state index in [1.54, 1.807) is 24.1 Å². The number of carbonyl (C=O) groups is 3. The summed E-state index contributed by atoms with van der Waals surface area (Å²) in [6, 6.07) is 3.37. The molecular formula is C19H26N4O3. The smallest absolute Gasteiger partial charge is 0.239 e. The zero-order valence-corrected chi connectivity index (χ0v) is 15.3. The van der Waals surface area contributed by atoms with Gasteiger partial charge in [0.1, 0.15) is 11.6 Å². The van der Waals surface area contributed by atoms with E-state index in [1.165, 1.54) is 0 Å². The number of hydrogen-bond donors (Lipinski definition) is 2. The molecular weight excluding hydrogens is 332 g/mol. The molecule has 0 aromatic carbocycles. The van der Waals surface area contributed by atoms with Crippen molar-refractivity contribution in [1.29, 1.82) is 0 Å². The van der Waals surface area contributed by atoms with Crippen LogP contribution in [0.1, 0.15) is 31.7 Å². The van der Waals surface area contributed by atoms with E-state index in [9.17, 15) is 14.4 Å². The summed E-state index contributed by atoms with van der Waals surface area (Å²) in [7, 11) is 0. The van der Waals surface area contributed by atoms with Crippen LogP contribution in [0.3, 0.4) is 0 Å². The number of likely N-dealkylation sites (tertiary alicyclic amines) is 1. The molecule has 3 atom stereocenters. The molecule has 0 saturated carbocycles. The summed E-state index contributed by atoms with van der Waals surface area (Å²) >= 11 is 0. The zero-order valence-electron chi connectivity index (χ0n) is 15.3. The molecule has 1 aromatic heterocycles. The Kier molecular flexibility index (Phi) is 5.66. The second-order valence-corrected chi connectivity index (χ2v) is 7.34. The van der Waals surface area contributed by atoms with Crippen LogP contribution in [0.5, 0.6) is 0 Å². The predicted octanol–water partition coefficient (Wildman–Crippen LogP) is 1.13. The molecule has 2 amide bonds. The number of pyridine rings is 1. The summed E-state index contributed by atoms with van der Waals surface area (Å²) in [4.78, 5) is 42.7. The van der Waals surface area contributed by atoms with Crippen LogP contribution >= 0.6 is 0 Å². The first-order chi connectivity index (χ1) is 12.4. The first-order valence-corrected chi connectivity index (χ1v) is 9.20. The third kappa shape index (κ3) is 4.27. The molecule has 2 aliphatic heterocycles. The fourth-order valence-electron chi connectivity index (χ4n) is 3.62. The van der Waals surface area contributed by atoms with Crippen LogP contribution in [0.15, 0.2) is 18.3 Å². The summed E-state index contributed by atoms with van der Waals surface area (Å²) in [5, 5.41) is 5.99. The lowest BCUT2D eigenvalue weighted by Crippen LogP contribution is -2.49. The van der Waals surface area contributed by atoms with Crippen molar-refractivity contribution >= 4 is 23.4 Å². The highest BCUT2D eigenvalue weighted by molar-refractivity contribution is 5.92. The Labute approximate surface area is 153 Å². The predicted molar refractivity (Wildman–Crippen MR) is 97.5 cm³/mol. The minimum atomic E-state index is -0.315. The first kappa shape index (κ1) is 18.5. The van der Waals surface area contributed by atoms with Crippen molar-refractivity contribution in [2.45, 2.75) is 39.2 Å². The first-order valence-electron chi connectivity index (χ1n) is 9.20. The monoisotopic (exact) mass is 358 g/mol. The molecule has 3 heterocycles. The molecule has 2 aliphatic rings. The van der Waals surface area contributed by atoms with E-state index in [0.29, 0.717) is 31.9 Å². The van der Waals surface area contributed by atoms with E-state index in [4.69, 9.17) is 0 Å². The number of nitrogens with zero attached hydrogens (tertiary/aromatic N) is 2. The number of nitrogens with one attached hydrogen (secondary N) is 2. The Bertz CT molecular complexity index is 689. The number of Topliss-reactive ketones (excluding diaryl/α,β-unsaturated/α-hetero) is 1. The average molecular weight is 358 g/mol. The van der Waals surface area contributed by atoms with Gasteiger partial charge in [-0.15, -0.1) is 0 Å². The summed E-state index contributed by atoms with van der Waals surface area (Å²) in [5.41, 5.74) is 1.03. The van der Waals surface area contributed by atoms with E-state index in [-0.39, 0.29) is 35.5 Å². The molecule has 26 heavy (non-hydrogen) atoms. The van der Waals surface area contributed by atoms with Gasteiger partial charge in [-0.05, 0) is 44.7 Å². The van der Waals surface area contributed by atoms with Crippen LogP contribution in [-0.2, 0) is 14.4 Å². The van der Waals surface area contributed by atoms with Gasteiger partial charge < -0.3 is 15.5 Å². The Morgan fingerprint density at radius 1 is 1.27 bits per heavy atom. The SMILES string of the molecule is CC(=O)C1CNC(C(=O)N2CCCC(C(=O)Nc3ccc(C)cn3)C2)C1. The number of amides is 2. The second kappa shape index (κ2) is 7.95. The molecule has 3 rings (SSSR count). The van der Waals surface area contributed by atoms with Crippen molar-refractivity contribution < 1.29 is 14.4 Å². The van der Waals surface area contributed by atoms with Gasteiger partial charge in [-0.25, -0.2) is 4.98 Å². The van der Waals surface area contributed by atoms with E-state index in [0.717, 1.165) is 18.4 Å². The standard InChI is InChI=1S/C19H26N4O3/c1-12-5-6-17(21-9-12)22-18(25)14-4-3-7-23(11-14)19(26)16-8-15(10-20-16)13(2)24/h5-6,9,14-16,20H,3-4,7-8,10-11H2,1-2H3,(H,21,22,25). The van der Waals surface area contributed by atoms with Crippen molar-refractivity contribution in [3.05, 3.63) is 23.9 Å². The van der Waals surface area contributed by atoms with Crippen LogP contribution < -0.4 is 10.6 Å². The second-order valence-electron chi connectivity index (χ2n) is 7.34. The maximum atomic E-state index is 12.7. The van der Waals surface area contributed by atoms with Crippen LogP contribution in [0.2, 0.25) is 0 Å². The van der Waals surface area contributed by atoms with E-state index < -0.39 is 0 Å². The molecule has 7 heteroatoms. The van der Waals surface area contributed by atoms with Crippen LogP contribution in [0.4, 0.5) is 5.82 Å². The Morgan fingerprint density at radius 2 is 2.08 bits per heavy atom. The van der Waals surface area contributed by atoms with E-state index in [1.807, 2.05) is 13.0 Å². The number of ketones is 1. The highest BCUT2D eigenvalue weighted by Gasteiger charge is 2.36. The molecule has 2 N–H and O–H groups in total. The van der Waals surface area contributed by atoms with Gasteiger partial charge in [0.25, 0.3) is 0 Å². The topological polar surface area (TPSA) is 91.4 Å². The van der Waals surface area contributed by atoms with Gasteiger partial charge in [0.05, 0.1) is 12.0 Å². The van der Waals surface area contributed by atoms with Crippen molar-refractivity contribution in [3.63, 3.8) is 0 Å². The zero-order chi connectivity index (χ0) is 18.7. The Morgan fingerprint density at radius 3 is 2.73 bits per heavy atom. The van der Waals surface area contributed by atoms with Crippen molar-refractivity contribution in [2.24, 2.45) is 11.8 Å². The largest absolute Gasteiger partial charge is 0.341 e. The van der Waals surface area contributed by atoms with E-state index in [2.05, 4.69) is 15.6 Å². The van der Waals surface area contributed by atoms with Crippen molar-refractivity contribution in [3.8, 4) is 0 Å². The number of aryl methyl sites for hydroxylation is 1. The number of aromatic nitrogens is 1. The normalized spacial score (nSPS) is 25.8. The summed E-state index contributed by atoms with van der Waals surface area (Å²) in [6.07, 6.45) is 3.82. The molecule has 0 spiro atoms. The maximum absolute atomic E-state index is 12.7. The molecule has 140 valence electrons. The molecule has 7 nitrogen and oxygen atoms in total. The van der Waals surface area contributed by atoms with Gasteiger partial charge >= 0.3 is 0 Å². The summed E-state index contributed by atoms with van der Waals surface area (Å²) in [6.45, 7) is 5.15. The number of rotatable bonds is 4. The summed E-state index contributed by atoms with van der Waals surface area (Å²) < 4.78 is 0.